The Morgan fingerprint density at radius 3 is 2.82 bits per heavy atom. The molecule has 0 radical (unpaired) electrons. The second-order valence-electron chi connectivity index (χ2n) is 8.81. The summed E-state index contributed by atoms with van der Waals surface area (Å²) < 4.78 is 7.77. The van der Waals surface area contributed by atoms with Crippen LogP contribution in [-0.2, 0) is 11.2 Å². The van der Waals surface area contributed by atoms with Crippen LogP contribution >= 0.6 is 0 Å². The number of aromatic nitrogens is 3. The van der Waals surface area contributed by atoms with Crippen LogP contribution in [-0.4, -0.2) is 51.9 Å². The summed E-state index contributed by atoms with van der Waals surface area (Å²) in [6, 6.07) is 18.1. The van der Waals surface area contributed by atoms with Gasteiger partial charge in [0.1, 0.15) is 0 Å². The second kappa shape index (κ2) is 9.16. The maximum atomic E-state index is 13.5. The van der Waals surface area contributed by atoms with E-state index in [0.717, 1.165) is 28.9 Å². The summed E-state index contributed by atoms with van der Waals surface area (Å²) in [5, 5.41) is 6.91. The van der Waals surface area contributed by atoms with Gasteiger partial charge < -0.3 is 9.64 Å². The van der Waals surface area contributed by atoms with Crippen molar-refractivity contribution in [1.82, 2.24) is 19.7 Å². The first-order valence-electron chi connectivity index (χ1n) is 11.4. The van der Waals surface area contributed by atoms with Crippen molar-refractivity contribution in [3.63, 3.8) is 0 Å². The monoisotopic (exact) mass is 440 g/mol. The number of hydrogen-bond acceptors (Lipinski definition) is 4. The first-order valence-corrected chi connectivity index (χ1v) is 11.4. The van der Waals surface area contributed by atoms with E-state index in [1.807, 2.05) is 72.2 Å². The molecule has 0 unspecified atom stereocenters. The number of hydrogen-bond donors (Lipinski definition) is 0. The fraction of sp³-hybridized carbons (Fsp3) is 0.296. The average molecular weight is 441 g/mol. The van der Waals surface area contributed by atoms with E-state index in [1.54, 1.807) is 0 Å². The number of fused-ring (bicyclic) bond motifs is 1. The lowest BCUT2D eigenvalue weighted by atomic mass is 9.96. The van der Waals surface area contributed by atoms with Gasteiger partial charge in [-0.1, -0.05) is 30.3 Å². The van der Waals surface area contributed by atoms with E-state index in [9.17, 15) is 4.79 Å². The molecule has 3 heterocycles. The van der Waals surface area contributed by atoms with Crippen molar-refractivity contribution >= 4 is 16.7 Å². The van der Waals surface area contributed by atoms with Gasteiger partial charge in [-0.3, -0.25) is 9.78 Å². The number of nitrogens with zero attached hydrogens (tertiary/aromatic N) is 4. The van der Waals surface area contributed by atoms with Crippen LogP contribution < -0.4 is 0 Å². The molecule has 2 aromatic heterocycles. The highest BCUT2D eigenvalue weighted by molar-refractivity contribution is 5.94. The Labute approximate surface area is 193 Å². The Bertz CT molecular complexity index is 1290. The van der Waals surface area contributed by atoms with Gasteiger partial charge in [-0.05, 0) is 55.5 Å². The van der Waals surface area contributed by atoms with Crippen LogP contribution in [0.1, 0.15) is 27.3 Å². The van der Waals surface area contributed by atoms with Crippen molar-refractivity contribution in [3.05, 3.63) is 89.5 Å². The molecule has 0 saturated carbocycles. The molecule has 0 N–H and O–H groups in total. The number of pyridine rings is 1. The number of carbonyl (C=O) groups is 1. The van der Waals surface area contributed by atoms with E-state index in [2.05, 4.69) is 28.3 Å². The molecule has 1 fully saturated rings. The zero-order valence-corrected chi connectivity index (χ0v) is 19.1. The molecule has 5 rings (SSSR count). The summed E-state index contributed by atoms with van der Waals surface area (Å²) in [6.45, 7) is 6.43. The largest absolute Gasteiger partial charge is 0.379 e. The molecule has 0 spiro atoms. The minimum Gasteiger partial charge on any atom is -0.379 e. The minimum atomic E-state index is 0.0323. The van der Waals surface area contributed by atoms with Crippen LogP contribution in [0.5, 0.6) is 0 Å². The molecule has 1 atom stereocenters. The van der Waals surface area contributed by atoms with Crippen LogP contribution in [0.4, 0.5) is 0 Å². The maximum absolute atomic E-state index is 13.5. The first kappa shape index (κ1) is 21.3. The topological polar surface area (TPSA) is 60.2 Å². The zero-order valence-electron chi connectivity index (χ0n) is 19.1. The van der Waals surface area contributed by atoms with Crippen LogP contribution in [0.15, 0.2) is 67.0 Å². The predicted octanol–water partition coefficient (Wildman–Crippen LogP) is 4.37. The van der Waals surface area contributed by atoms with Crippen molar-refractivity contribution in [2.45, 2.75) is 20.3 Å². The fourth-order valence-corrected chi connectivity index (χ4v) is 4.68. The third-order valence-electron chi connectivity index (χ3n) is 6.23. The average Bonchev–Trinajstić information content (AvgIpc) is 3.02. The number of aryl methyl sites for hydroxylation is 2. The van der Waals surface area contributed by atoms with Crippen LogP contribution in [0, 0.1) is 19.8 Å². The highest BCUT2D eigenvalue weighted by Gasteiger charge is 2.24. The van der Waals surface area contributed by atoms with Gasteiger partial charge >= 0.3 is 0 Å². The van der Waals surface area contributed by atoms with Gasteiger partial charge in [-0.15, -0.1) is 0 Å². The summed E-state index contributed by atoms with van der Waals surface area (Å²) in [4.78, 5) is 19.8. The Balaban J connectivity index is 1.36. The molecule has 1 aliphatic heterocycles. The summed E-state index contributed by atoms with van der Waals surface area (Å²) in [7, 11) is 0. The van der Waals surface area contributed by atoms with E-state index in [4.69, 9.17) is 4.74 Å². The van der Waals surface area contributed by atoms with Gasteiger partial charge in [0.15, 0.2) is 0 Å². The Kier molecular flexibility index (Phi) is 5.92. The van der Waals surface area contributed by atoms with Gasteiger partial charge in [-0.25, -0.2) is 4.68 Å². The van der Waals surface area contributed by atoms with Crippen molar-refractivity contribution < 1.29 is 9.53 Å². The van der Waals surface area contributed by atoms with E-state index in [1.165, 1.54) is 10.9 Å². The van der Waals surface area contributed by atoms with E-state index in [0.29, 0.717) is 31.9 Å². The summed E-state index contributed by atoms with van der Waals surface area (Å²) in [6.07, 6.45) is 4.66. The SMILES string of the molecule is Cc1cc(C)n(-c2cccc(C(=O)N3CCOC[C@@H](Cc4cncc5ccccc45)C3)c2)n1. The van der Waals surface area contributed by atoms with Gasteiger partial charge in [0.25, 0.3) is 5.91 Å². The molecule has 1 aliphatic rings. The van der Waals surface area contributed by atoms with Crippen molar-refractivity contribution in [1.29, 1.82) is 0 Å². The third-order valence-corrected chi connectivity index (χ3v) is 6.23. The normalized spacial score (nSPS) is 16.7. The van der Waals surface area contributed by atoms with Crippen molar-refractivity contribution in [2.75, 3.05) is 26.3 Å². The molecule has 0 bridgehead atoms. The molecule has 6 nitrogen and oxygen atoms in total. The smallest absolute Gasteiger partial charge is 0.254 e. The van der Waals surface area contributed by atoms with Gasteiger partial charge in [0.05, 0.1) is 24.6 Å². The Morgan fingerprint density at radius 1 is 1.09 bits per heavy atom. The highest BCUT2D eigenvalue weighted by Crippen LogP contribution is 2.23. The van der Waals surface area contributed by atoms with Crippen molar-refractivity contribution in [3.8, 4) is 5.69 Å². The second-order valence-corrected chi connectivity index (χ2v) is 8.81. The maximum Gasteiger partial charge on any atom is 0.254 e. The molecule has 4 aromatic rings. The lowest BCUT2D eigenvalue weighted by Crippen LogP contribution is -2.36. The lowest BCUT2D eigenvalue weighted by molar-refractivity contribution is 0.0737. The molecule has 1 saturated heterocycles. The lowest BCUT2D eigenvalue weighted by Gasteiger charge is -2.24. The summed E-state index contributed by atoms with van der Waals surface area (Å²) in [5.74, 6) is 0.244. The molecular formula is C27H28N4O2. The van der Waals surface area contributed by atoms with E-state index < -0.39 is 0 Å². The van der Waals surface area contributed by atoms with E-state index in [-0.39, 0.29) is 11.8 Å². The number of rotatable bonds is 4. The van der Waals surface area contributed by atoms with Gasteiger partial charge in [0, 0.05) is 48.0 Å². The molecule has 168 valence electrons. The number of amides is 1. The summed E-state index contributed by atoms with van der Waals surface area (Å²) in [5.41, 5.74) is 4.77. The molecule has 0 aliphatic carbocycles. The highest BCUT2D eigenvalue weighted by atomic mass is 16.5. The molecule has 1 amide bonds. The molecular weight excluding hydrogens is 412 g/mol. The number of benzene rings is 2. The van der Waals surface area contributed by atoms with Crippen molar-refractivity contribution in [2.24, 2.45) is 5.92 Å². The standard InChI is InChI=1S/C27H28N4O2/c1-19-12-20(2)31(29-19)25-8-5-7-22(14-25)27(32)30-10-11-33-18-21(17-30)13-24-16-28-15-23-6-3-4-9-26(23)24/h3-9,12,14-16,21H,10-11,13,17-18H2,1-2H3/t21-/m0/s1. The Hall–Kier alpha value is -3.51. The van der Waals surface area contributed by atoms with Crippen LogP contribution in [0.25, 0.3) is 16.5 Å². The van der Waals surface area contributed by atoms with Crippen LogP contribution in [0.2, 0.25) is 0 Å². The van der Waals surface area contributed by atoms with Gasteiger partial charge in [-0.2, -0.15) is 5.10 Å². The zero-order chi connectivity index (χ0) is 22.8. The molecule has 33 heavy (non-hydrogen) atoms. The molecule has 2 aromatic carbocycles. The molecule has 6 heteroatoms. The number of ether oxygens (including phenoxy) is 1. The van der Waals surface area contributed by atoms with Crippen LogP contribution in [0.3, 0.4) is 0 Å². The Morgan fingerprint density at radius 2 is 1.97 bits per heavy atom. The first-order chi connectivity index (χ1) is 16.1. The third kappa shape index (κ3) is 4.52. The number of carbonyl (C=O) groups excluding carboxylic acids is 1. The fourth-order valence-electron chi connectivity index (χ4n) is 4.68. The summed E-state index contributed by atoms with van der Waals surface area (Å²) >= 11 is 0. The van der Waals surface area contributed by atoms with Gasteiger partial charge in [0.2, 0.25) is 0 Å². The quantitative estimate of drug-likeness (QED) is 0.473. The van der Waals surface area contributed by atoms with E-state index >= 15 is 0 Å². The predicted molar refractivity (Wildman–Crippen MR) is 129 cm³/mol. The minimum absolute atomic E-state index is 0.0323.